The third-order valence-electron chi connectivity index (χ3n) is 2.10. The first-order valence-corrected chi connectivity index (χ1v) is 4.80. The van der Waals surface area contributed by atoms with E-state index < -0.39 is 0 Å². The van der Waals surface area contributed by atoms with E-state index in [-0.39, 0.29) is 0 Å². The van der Waals surface area contributed by atoms with E-state index in [0.29, 0.717) is 5.56 Å². The van der Waals surface area contributed by atoms with Gasteiger partial charge in [0.1, 0.15) is 6.07 Å². The quantitative estimate of drug-likeness (QED) is 0.750. The van der Waals surface area contributed by atoms with E-state index in [4.69, 9.17) is 5.26 Å². The Kier molecular flexibility index (Phi) is 2.56. The summed E-state index contributed by atoms with van der Waals surface area (Å²) < 4.78 is 1.65. The van der Waals surface area contributed by atoms with E-state index in [2.05, 4.69) is 16.2 Å². The second-order valence-electron chi connectivity index (χ2n) is 3.55. The van der Waals surface area contributed by atoms with Gasteiger partial charge in [0.05, 0.1) is 17.5 Å². The minimum Gasteiger partial charge on any atom is -0.383 e. The molecule has 0 radical (unpaired) electrons. The molecule has 0 amide bonds. The van der Waals surface area contributed by atoms with E-state index in [0.717, 1.165) is 11.3 Å². The second-order valence-corrected chi connectivity index (χ2v) is 3.55. The van der Waals surface area contributed by atoms with Crippen LogP contribution in [0, 0.1) is 11.3 Å². The maximum absolute atomic E-state index is 9.00. The Balaban J connectivity index is 2.63. The van der Waals surface area contributed by atoms with Crippen molar-refractivity contribution in [2.24, 2.45) is 0 Å². The largest absolute Gasteiger partial charge is 0.383 e. The Morgan fingerprint density at radius 1 is 1.50 bits per heavy atom. The molecule has 0 saturated heterocycles. The van der Waals surface area contributed by atoms with Gasteiger partial charge in [-0.05, 0) is 6.08 Å². The van der Waals surface area contributed by atoms with Gasteiger partial charge in [-0.1, -0.05) is 0 Å². The summed E-state index contributed by atoms with van der Waals surface area (Å²) in [5.41, 5.74) is 1.98. The van der Waals surface area contributed by atoms with Crippen molar-refractivity contribution in [1.29, 1.82) is 5.26 Å². The predicted octanol–water partition coefficient (Wildman–Crippen LogP) is 1.13. The molecule has 2 heterocycles. The summed E-state index contributed by atoms with van der Waals surface area (Å²) in [4.78, 5) is 6.03. The molecule has 2 rings (SSSR count). The highest BCUT2D eigenvalue weighted by Gasteiger charge is 2.05. The minimum absolute atomic E-state index is 0.509. The highest BCUT2D eigenvalue weighted by molar-refractivity contribution is 5.57. The van der Waals surface area contributed by atoms with Crippen LogP contribution in [-0.2, 0) is 0 Å². The van der Waals surface area contributed by atoms with Gasteiger partial charge in [0.25, 0.3) is 0 Å². The monoisotopic (exact) mass is 213 g/mol. The van der Waals surface area contributed by atoms with Crippen LogP contribution in [0.4, 0.5) is 0 Å². The zero-order valence-electron chi connectivity index (χ0n) is 9.12. The molecule has 0 spiro atoms. The van der Waals surface area contributed by atoms with Crippen molar-refractivity contribution in [3.8, 4) is 6.07 Å². The lowest BCUT2D eigenvalue weighted by Crippen LogP contribution is -2.03. The first-order valence-electron chi connectivity index (χ1n) is 4.80. The van der Waals surface area contributed by atoms with Crippen LogP contribution in [0.5, 0.6) is 0 Å². The SMILES string of the molecule is CN(C)C=Cc1c(C#N)cnc2ccnn12. The summed E-state index contributed by atoms with van der Waals surface area (Å²) >= 11 is 0. The molecule has 0 aliphatic rings. The number of nitrogens with zero attached hydrogens (tertiary/aromatic N) is 5. The van der Waals surface area contributed by atoms with Crippen molar-refractivity contribution < 1.29 is 0 Å². The first kappa shape index (κ1) is 10.2. The molecule has 0 aliphatic carbocycles. The Hall–Kier alpha value is -2.35. The van der Waals surface area contributed by atoms with E-state index in [1.165, 1.54) is 0 Å². The van der Waals surface area contributed by atoms with Gasteiger partial charge < -0.3 is 4.90 Å². The van der Waals surface area contributed by atoms with Crippen LogP contribution < -0.4 is 0 Å². The summed E-state index contributed by atoms with van der Waals surface area (Å²) in [5.74, 6) is 0. The normalized spacial score (nSPS) is 10.8. The number of hydrogen-bond donors (Lipinski definition) is 0. The summed E-state index contributed by atoms with van der Waals surface area (Å²) in [5, 5.41) is 13.1. The number of hydrogen-bond acceptors (Lipinski definition) is 4. The fourth-order valence-corrected chi connectivity index (χ4v) is 1.36. The van der Waals surface area contributed by atoms with Crippen LogP contribution in [0.2, 0.25) is 0 Å². The summed E-state index contributed by atoms with van der Waals surface area (Å²) in [6, 6.07) is 3.91. The molecule has 0 fully saturated rings. The molecule has 16 heavy (non-hydrogen) atoms. The number of nitriles is 1. The highest BCUT2D eigenvalue weighted by atomic mass is 15.2. The maximum atomic E-state index is 9.00. The van der Waals surface area contributed by atoms with Gasteiger partial charge >= 0.3 is 0 Å². The average Bonchev–Trinajstić information content (AvgIpc) is 2.73. The number of fused-ring (bicyclic) bond motifs is 1. The van der Waals surface area contributed by atoms with Crippen LogP contribution in [-0.4, -0.2) is 33.6 Å². The van der Waals surface area contributed by atoms with E-state index in [9.17, 15) is 0 Å². The van der Waals surface area contributed by atoms with E-state index in [1.54, 1.807) is 23.0 Å². The Morgan fingerprint density at radius 3 is 3.00 bits per heavy atom. The summed E-state index contributed by atoms with van der Waals surface area (Å²) in [6.07, 6.45) is 6.94. The van der Waals surface area contributed by atoms with Gasteiger partial charge in [-0.3, -0.25) is 0 Å². The fraction of sp³-hybridized carbons (Fsp3) is 0.182. The van der Waals surface area contributed by atoms with Crippen LogP contribution in [0.3, 0.4) is 0 Å². The standard InChI is InChI=1S/C11H11N5/c1-15(2)6-4-10-9(7-12)8-13-11-3-5-14-16(10)11/h3-6,8H,1-2H3. The van der Waals surface area contributed by atoms with Crippen molar-refractivity contribution in [3.05, 3.63) is 35.9 Å². The zero-order chi connectivity index (χ0) is 11.5. The first-order chi connectivity index (χ1) is 7.72. The van der Waals surface area contributed by atoms with Crippen molar-refractivity contribution in [1.82, 2.24) is 19.5 Å². The molecule has 0 N–H and O–H groups in total. The topological polar surface area (TPSA) is 57.2 Å². The van der Waals surface area contributed by atoms with Crippen molar-refractivity contribution in [3.63, 3.8) is 0 Å². The third kappa shape index (κ3) is 1.73. The highest BCUT2D eigenvalue weighted by Crippen LogP contribution is 2.11. The van der Waals surface area contributed by atoms with Crippen molar-refractivity contribution >= 4 is 11.7 Å². The lowest BCUT2D eigenvalue weighted by Gasteiger charge is -2.05. The Labute approximate surface area is 93.2 Å². The third-order valence-corrected chi connectivity index (χ3v) is 2.10. The molecule has 0 unspecified atom stereocenters. The van der Waals surface area contributed by atoms with E-state index >= 15 is 0 Å². The molecule has 0 bridgehead atoms. The molecule has 0 aromatic carbocycles. The molecule has 2 aromatic heterocycles. The zero-order valence-corrected chi connectivity index (χ0v) is 9.12. The van der Waals surface area contributed by atoms with Crippen molar-refractivity contribution in [2.75, 3.05) is 14.1 Å². The molecule has 2 aromatic rings. The Morgan fingerprint density at radius 2 is 2.31 bits per heavy atom. The van der Waals surface area contributed by atoms with Gasteiger partial charge in [-0.2, -0.15) is 10.4 Å². The number of rotatable bonds is 2. The lowest BCUT2D eigenvalue weighted by atomic mass is 10.2. The number of aromatic nitrogens is 3. The predicted molar refractivity (Wildman–Crippen MR) is 60.4 cm³/mol. The maximum Gasteiger partial charge on any atom is 0.155 e. The van der Waals surface area contributed by atoms with Gasteiger partial charge in [0, 0.05) is 32.6 Å². The second kappa shape index (κ2) is 4.03. The van der Waals surface area contributed by atoms with Gasteiger partial charge in [0.15, 0.2) is 5.65 Å². The molecular formula is C11H11N5. The van der Waals surface area contributed by atoms with Gasteiger partial charge in [-0.25, -0.2) is 9.50 Å². The lowest BCUT2D eigenvalue weighted by molar-refractivity contribution is 0.567. The van der Waals surface area contributed by atoms with Crippen LogP contribution in [0.1, 0.15) is 11.3 Å². The van der Waals surface area contributed by atoms with Crippen LogP contribution in [0.15, 0.2) is 24.7 Å². The minimum atomic E-state index is 0.509. The summed E-state index contributed by atoms with van der Waals surface area (Å²) in [7, 11) is 3.84. The van der Waals surface area contributed by atoms with Crippen LogP contribution >= 0.6 is 0 Å². The van der Waals surface area contributed by atoms with E-state index in [1.807, 2.05) is 31.3 Å². The molecule has 0 atom stereocenters. The molecular weight excluding hydrogens is 202 g/mol. The molecule has 5 nitrogen and oxygen atoms in total. The van der Waals surface area contributed by atoms with Gasteiger partial charge in [-0.15, -0.1) is 0 Å². The smallest absolute Gasteiger partial charge is 0.155 e. The van der Waals surface area contributed by atoms with Gasteiger partial charge in [0.2, 0.25) is 0 Å². The summed E-state index contributed by atoms with van der Waals surface area (Å²) in [6.45, 7) is 0. The molecule has 0 aliphatic heterocycles. The Bertz CT molecular complexity index is 574. The molecule has 5 heteroatoms. The van der Waals surface area contributed by atoms with Crippen LogP contribution in [0.25, 0.3) is 11.7 Å². The van der Waals surface area contributed by atoms with Crippen molar-refractivity contribution in [2.45, 2.75) is 0 Å². The fourth-order valence-electron chi connectivity index (χ4n) is 1.36. The molecule has 0 saturated carbocycles. The average molecular weight is 213 g/mol. The molecule has 80 valence electrons.